The first kappa shape index (κ1) is 32.6. The normalized spacial score (nSPS) is 18.8. The van der Waals surface area contributed by atoms with Crippen LogP contribution in [0.25, 0.3) is 0 Å². The Kier molecular flexibility index (Phi) is 9.71. The molecular weight excluding hydrogens is 588 g/mol. The molecule has 4 aromatic carbocycles. The molecule has 0 atom stereocenters. The average molecular weight is 643 g/mol. The zero-order valence-electron chi connectivity index (χ0n) is 29.2. The molecule has 4 heteroatoms. The summed E-state index contributed by atoms with van der Waals surface area (Å²) in [7, 11) is 0. The highest BCUT2D eigenvalue weighted by molar-refractivity contribution is 5.57. The lowest BCUT2D eigenvalue weighted by atomic mass is 9.62. The van der Waals surface area contributed by atoms with Gasteiger partial charge in [-0.1, -0.05) is 69.9 Å². The fourth-order valence-electron chi connectivity index (χ4n) is 9.23. The quantitative estimate of drug-likeness (QED) is 0.188. The second kappa shape index (κ2) is 14.3. The molecule has 252 valence electrons. The largest absolute Gasteiger partial charge is 0.457 e. The molecule has 3 aliphatic rings. The Morgan fingerprint density at radius 1 is 0.500 bits per heavy atom. The molecule has 4 nitrogen and oxygen atoms in total. The highest BCUT2D eigenvalue weighted by Gasteiger charge is 2.40. The van der Waals surface area contributed by atoms with Crippen molar-refractivity contribution in [2.75, 3.05) is 11.5 Å². The molecule has 0 radical (unpaired) electrons. The molecule has 0 spiro atoms. The van der Waals surface area contributed by atoms with Crippen LogP contribution in [0.5, 0.6) is 23.0 Å². The zero-order valence-corrected chi connectivity index (χ0v) is 29.2. The fourth-order valence-corrected chi connectivity index (χ4v) is 9.23. The molecule has 48 heavy (non-hydrogen) atoms. The Hall–Kier alpha value is -3.92. The van der Waals surface area contributed by atoms with Gasteiger partial charge >= 0.3 is 0 Å². The van der Waals surface area contributed by atoms with E-state index >= 15 is 0 Å². The summed E-state index contributed by atoms with van der Waals surface area (Å²) in [6.07, 6.45) is 18.9. The standard InChI is InChI=1S/C44H54N2O2/c1-30-26-42(47-36-20-16-34(45)17-21-36)38(32-12-6-3-7-13-32)28-40(30)44(24-10-5-11-25-44)41-29-39(33-14-8-4-9-15-33)43(27-31(41)2)48-37-22-18-35(46)19-23-37/h16-23,26-29,32-33H,3-15,24-25,45-46H2,1-2H3. The second-order valence-electron chi connectivity index (χ2n) is 15.1. The maximum atomic E-state index is 6.70. The van der Waals surface area contributed by atoms with Crippen LogP contribution in [0.3, 0.4) is 0 Å². The number of hydrogen-bond acceptors (Lipinski definition) is 4. The summed E-state index contributed by atoms with van der Waals surface area (Å²) in [5.41, 5.74) is 22.0. The first-order valence-electron chi connectivity index (χ1n) is 18.8. The van der Waals surface area contributed by atoms with Gasteiger partial charge in [-0.2, -0.15) is 0 Å². The van der Waals surface area contributed by atoms with E-state index in [0.717, 1.165) is 34.4 Å². The van der Waals surface area contributed by atoms with Crippen LogP contribution in [-0.2, 0) is 5.41 Å². The van der Waals surface area contributed by atoms with Gasteiger partial charge in [-0.25, -0.2) is 0 Å². The third kappa shape index (κ3) is 6.81. The summed E-state index contributed by atoms with van der Waals surface area (Å²) in [6, 6.07) is 25.6. The van der Waals surface area contributed by atoms with Gasteiger partial charge < -0.3 is 20.9 Å². The van der Waals surface area contributed by atoms with Crippen LogP contribution >= 0.6 is 0 Å². The van der Waals surface area contributed by atoms with Gasteiger partial charge in [0.2, 0.25) is 0 Å². The van der Waals surface area contributed by atoms with Crippen molar-refractivity contribution in [1.29, 1.82) is 0 Å². The third-order valence-corrected chi connectivity index (χ3v) is 11.8. The molecule has 4 aromatic rings. The van der Waals surface area contributed by atoms with Crippen molar-refractivity contribution < 1.29 is 9.47 Å². The van der Waals surface area contributed by atoms with Crippen LogP contribution in [0.15, 0.2) is 72.8 Å². The topological polar surface area (TPSA) is 70.5 Å². The van der Waals surface area contributed by atoms with Gasteiger partial charge in [-0.05, 0) is 158 Å². The van der Waals surface area contributed by atoms with Gasteiger partial charge in [0.15, 0.2) is 0 Å². The van der Waals surface area contributed by atoms with Crippen molar-refractivity contribution in [3.63, 3.8) is 0 Å². The van der Waals surface area contributed by atoms with Crippen molar-refractivity contribution in [2.24, 2.45) is 0 Å². The maximum absolute atomic E-state index is 6.70. The predicted octanol–water partition coefficient (Wildman–Crippen LogP) is 12.4. The van der Waals surface area contributed by atoms with E-state index in [4.69, 9.17) is 20.9 Å². The van der Waals surface area contributed by atoms with Crippen molar-refractivity contribution in [1.82, 2.24) is 0 Å². The van der Waals surface area contributed by atoms with E-state index in [9.17, 15) is 0 Å². The SMILES string of the molecule is Cc1cc(Oc2ccc(N)cc2)c(C2CCCCC2)cc1C1(c2cc(C3CCCCC3)c(Oc3ccc(N)cc3)cc2C)CCCCC1. The number of ether oxygens (including phenoxy) is 2. The zero-order chi connectivity index (χ0) is 33.1. The molecule has 4 N–H and O–H groups in total. The van der Waals surface area contributed by atoms with Crippen LogP contribution in [0.2, 0.25) is 0 Å². The number of rotatable bonds is 8. The van der Waals surface area contributed by atoms with Crippen molar-refractivity contribution in [3.05, 3.63) is 106 Å². The van der Waals surface area contributed by atoms with Crippen LogP contribution in [0.4, 0.5) is 11.4 Å². The third-order valence-electron chi connectivity index (χ3n) is 11.8. The van der Waals surface area contributed by atoms with Crippen LogP contribution in [0.1, 0.15) is 142 Å². The average Bonchev–Trinajstić information content (AvgIpc) is 3.11. The molecule has 3 saturated carbocycles. The summed E-state index contributed by atoms with van der Waals surface area (Å²) < 4.78 is 13.4. The van der Waals surface area contributed by atoms with Crippen molar-refractivity contribution >= 4 is 11.4 Å². The molecular formula is C44H54N2O2. The smallest absolute Gasteiger partial charge is 0.131 e. The number of nitrogen functional groups attached to an aromatic ring is 2. The van der Waals surface area contributed by atoms with E-state index in [2.05, 4.69) is 38.1 Å². The molecule has 3 fully saturated rings. The van der Waals surface area contributed by atoms with E-state index in [1.165, 1.54) is 130 Å². The summed E-state index contributed by atoms with van der Waals surface area (Å²) >= 11 is 0. The van der Waals surface area contributed by atoms with Gasteiger partial charge in [0.25, 0.3) is 0 Å². The molecule has 0 aromatic heterocycles. The molecule has 7 rings (SSSR count). The highest BCUT2D eigenvalue weighted by Crippen LogP contribution is 2.52. The molecule has 0 saturated heterocycles. The summed E-state index contributed by atoms with van der Waals surface area (Å²) in [5.74, 6) is 4.79. The molecule has 0 unspecified atom stereocenters. The Bertz CT molecular complexity index is 1570. The molecule has 0 aliphatic heterocycles. The van der Waals surface area contributed by atoms with Crippen LogP contribution in [0, 0.1) is 13.8 Å². The minimum atomic E-state index is -0.0291. The van der Waals surface area contributed by atoms with Crippen molar-refractivity contribution in [3.8, 4) is 23.0 Å². The van der Waals surface area contributed by atoms with Gasteiger partial charge in [0, 0.05) is 16.8 Å². The van der Waals surface area contributed by atoms with Crippen LogP contribution < -0.4 is 20.9 Å². The monoisotopic (exact) mass is 642 g/mol. The van der Waals surface area contributed by atoms with E-state index in [1.54, 1.807) is 0 Å². The Balaban J connectivity index is 1.36. The van der Waals surface area contributed by atoms with E-state index in [0.29, 0.717) is 11.8 Å². The summed E-state index contributed by atoms with van der Waals surface area (Å²) in [5, 5.41) is 0. The number of benzene rings is 4. The second-order valence-corrected chi connectivity index (χ2v) is 15.1. The minimum Gasteiger partial charge on any atom is -0.457 e. The van der Waals surface area contributed by atoms with Gasteiger partial charge in [-0.15, -0.1) is 0 Å². The van der Waals surface area contributed by atoms with Gasteiger partial charge in [-0.3, -0.25) is 0 Å². The highest BCUT2D eigenvalue weighted by atomic mass is 16.5. The van der Waals surface area contributed by atoms with E-state index in [-0.39, 0.29) is 5.41 Å². The van der Waals surface area contributed by atoms with E-state index < -0.39 is 0 Å². The maximum Gasteiger partial charge on any atom is 0.131 e. The van der Waals surface area contributed by atoms with Crippen LogP contribution in [-0.4, -0.2) is 0 Å². The Morgan fingerprint density at radius 3 is 1.27 bits per heavy atom. The number of nitrogens with two attached hydrogens (primary N) is 2. The predicted molar refractivity (Wildman–Crippen MR) is 200 cm³/mol. The number of aryl methyl sites for hydroxylation is 2. The lowest BCUT2D eigenvalue weighted by molar-refractivity contribution is 0.340. The molecule has 0 amide bonds. The first-order chi connectivity index (χ1) is 23.4. The lowest BCUT2D eigenvalue weighted by Crippen LogP contribution is -2.33. The van der Waals surface area contributed by atoms with Crippen molar-refractivity contribution in [2.45, 2.75) is 127 Å². The fraction of sp³-hybridized carbons (Fsp3) is 0.455. The number of hydrogen-bond donors (Lipinski definition) is 2. The summed E-state index contributed by atoms with van der Waals surface area (Å²) in [6.45, 7) is 4.64. The first-order valence-corrected chi connectivity index (χ1v) is 18.8. The lowest BCUT2D eigenvalue weighted by Gasteiger charge is -2.42. The minimum absolute atomic E-state index is 0.0291. The molecule has 0 bridgehead atoms. The van der Waals surface area contributed by atoms with E-state index in [1.807, 2.05) is 48.5 Å². The number of anilines is 2. The Morgan fingerprint density at radius 2 is 0.875 bits per heavy atom. The summed E-state index contributed by atoms with van der Waals surface area (Å²) in [4.78, 5) is 0. The van der Waals surface area contributed by atoms with Gasteiger partial charge in [0.1, 0.15) is 23.0 Å². The molecule has 3 aliphatic carbocycles. The van der Waals surface area contributed by atoms with Gasteiger partial charge in [0.05, 0.1) is 0 Å². The Labute approximate surface area is 288 Å². The molecule has 0 heterocycles.